The summed E-state index contributed by atoms with van der Waals surface area (Å²) >= 11 is 0. The Bertz CT molecular complexity index is 1740. The van der Waals surface area contributed by atoms with Gasteiger partial charge < -0.3 is 65.1 Å². The highest BCUT2D eigenvalue weighted by molar-refractivity contribution is 5.76. The van der Waals surface area contributed by atoms with Gasteiger partial charge in [0.2, 0.25) is 5.91 Å². The Balaban J connectivity index is 1.64. The van der Waals surface area contributed by atoms with Gasteiger partial charge in [-0.1, -0.05) is 220 Å². The van der Waals surface area contributed by atoms with Gasteiger partial charge in [-0.05, 0) is 83.5 Å². The van der Waals surface area contributed by atoms with E-state index in [2.05, 4.69) is 129 Å². The van der Waals surface area contributed by atoms with Gasteiger partial charge in [0.1, 0.15) is 48.8 Å². The molecule has 0 aromatic carbocycles. The van der Waals surface area contributed by atoms with Crippen molar-refractivity contribution in [1.29, 1.82) is 0 Å². The first-order valence-corrected chi connectivity index (χ1v) is 30.6. The number of nitrogens with one attached hydrogen (secondary N) is 1. The summed E-state index contributed by atoms with van der Waals surface area (Å²) in [4.78, 5) is 13.2. The van der Waals surface area contributed by atoms with Crippen LogP contribution in [0.5, 0.6) is 0 Å². The maximum atomic E-state index is 13.2. The molecule has 79 heavy (non-hydrogen) atoms. The molecule has 1 amide bonds. The number of allylic oxidation sites excluding steroid dienone is 18. The van der Waals surface area contributed by atoms with Crippen molar-refractivity contribution >= 4 is 5.91 Å². The van der Waals surface area contributed by atoms with E-state index >= 15 is 0 Å². The van der Waals surface area contributed by atoms with Crippen LogP contribution in [0.25, 0.3) is 0 Å². The van der Waals surface area contributed by atoms with Gasteiger partial charge in [0.15, 0.2) is 12.6 Å². The molecule has 2 saturated heterocycles. The van der Waals surface area contributed by atoms with Crippen molar-refractivity contribution in [2.24, 2.45) is 0 Å². The van der Waals surface area contributed by atoms with Gasteiger partial charge in [-0.25, -0.2) is 0 Å². The predicted molar refractivity (Wildman–Crippen MR) is 318 cm³/mol. The zero-order valence-corrected chi connectivity index (χ0v) is 48.6. The topological polar surface area (TPSA) is 228 Å². The number of aliphatic hydroxyl groups is 8. The molecule has 2 heterocycles. The fourth-order valence-electron chi connectivity index (χ4n) is 9.35. The van der Waals surface area contributed by atoms with Crippen molar-refractivity contribution in [2.75, 3.05) is 19.8 Å². The number of unbranched alkanes of at least 4 members (excludes halogenated alkanes) is 16. The average Bonchev–Trinajstić information content (AvgIpc) is 3.47. The van der Waals surface area contributed by atoms with E-state index in [1.54, 1.807) is 0 Å². The molecule has 14 heteroatoms. The van der Waals surface area contributed by atoms with Crippen LogP contribution in [0.2, 0.25) is 0 Å². The minimum Gasteiger partial charge on any atom is -0.394 e. The lowest BCUT2D eigenvalue weighted by Gasteiger charge is -2.46. The average molecular weight is 1110 g/mol. The van der Waals surface area contributed by atoms with Crippen molar-refractivity contribution in [1.82, 2.24) is 5.32 Å². The van der Waals surface area contributed by atoms with E-state index in [1.807, 2.05) is 0 Å². The van der Waals surface area contributed by atoms with E-state index < -0.39 is 86.8 Å². The summed E-state index contributed by atoms with van der Waals surface area (Å²) in [6.07, 6.45) is 52.5. The molecule has 0 aromatic heterocycles. The summed E-state index contributed by atoms with van der Waals surface area (Å²) < 4.78 is 22.8. The lowest BCUT2D eigenvalue weighted by molar-refractivity contribution is -0.359. The smallest absolute Gasteiger partial charge is 0.220 e. The maximum Gasteiger partial charge on any atom is 0.220 e. The van der Waals surface area contributed by atoms with E-state index in [4.69, 9.17) is 18.9 Å². The first-order chi connectivity index (χ1) is 38.6. The van der Waals surface area contributed by atoms with Crippen LogP contribution in [-0.2, 0) is 23.7 Å². The second-order valence-electron chi connectivity index (χ2n) is 21.1. The maximum absolute atomic E-state index is 13.2. The third-order valence-electron chi connectivity index (χ3n) is 14.3. The number of aliphatic hydroxyl groups excluding tert-OH is 8. The van der Waals surface area contributed by atoms with Crippen LogP contribution in [-0.4, -0.2) is 140 Å². The molecule has 452 valence electrons. The summed E-state index contributed by atoms with van der Waals surface area (Å²) in [6, 6.07) is -0.841. The summed E-state index contributed by atoms with van der Waals surface area (Å²) in [7, 11) is 0. The third-order valence-corrected chi connectivity index (χ3v) is 14.3. The van der Waals surface area contributed by atoms with Crippen molar-refractivity contribution in [2.45, 2.75) is 274 Å². The first-order valence-electron chi connectivity index (χ1n) is 30.6. The standard InChI is InChI=1S/C65H109NO13/c1-3-5-7-9-11-13-15-16-17-18-19-20-21-22-23-24-25-26-27-28-29-30-31-32-33-34-35-36-37-38-39-41-43-45-47-49-57(70)66-53(54(69)48-46-44-42-40-14-12-10-8-6-4-2)52-76-64-62(75)60(73)63(56(51-68)78-64)79-65-61(74)59(72)58(71)55(50-67)77-65/h5,7,11,13,16-17,19-20,22-23,25-26,28-29,31-32,34-35,53-56,58-65,67-69,71-75H,3-4,6,8-10,12,14-15,18,21,24,27,30,33,36-52H2,1-2H3,(H,66,70)/b7-5-,13-11-,17-16-,20-19-,23-22-,26-25-,29-28-,32-31-,35-34-. The number of hydrogen-bond donors (Lipinski definition) is 9. The lowest BCUT2D eigenvalue weighted by Crippen LogP contribution is -2.65. The van der Waals surface area contributed by atoms with Crippen LogP contribution in [0.3, 0.4) is 0 Å². The molecule has 2 aliphatic rings. The van der Waals surface area contributed by atoms with Gasteiger partial charge in [0.25, 0.3) is 0 Å². The van der Waals surface area contributed by atoms with Crippen molar-refractivity contribution in [3.05, 3.63) is 109 Å². The molecule has 2 aliphatic heterocycles. The summed E-state index contributed by atoms with van der Waals surface area (Å²) in [5.41, 5.74) is 0. The number of hydrogen-bond acceptors (Lipinski definition) is 13. The number of carbonyl (C=O) groups excluding carboxylic acids is 1. The summed E-state index contributed by atoms with van der Waals surface area (Å²) in [5, 5.41) is 87.0. The fourth-order valence-corrected chi connectivity index (χ4v) is 9.35. The number of carbonyl (C=O) groups is 1. The molecule has 0 saturated carbocycles. The van der Waals surface area contributed by atoms with Crippen LogP contribution in [0.1, 0.15) is 200 Å². The van der Waals surface area contributed by atoms with Gasteiger partial charge in [-0.15, -0.1) is 0 Å². The molecule has 0 aliphatic carbocycles. The van der Waals surface area contributed by atoms with Crippen LogP contribution in [0.4, 0.5) is 0 Å². The minimum absolute atomic E-state index is 0.225. The van der Waals surface area contributed by atoms with Gasteiger partial charge in [-0.2, -0.15) is 0 Å². The molecule has 2 fully saturated rings. The van der Waals surface area contributed by atoms with Crippen molar-refractivity contribution in [3.8, 4) is 0 Å². The number of amides is 1. The molecule has 0 aromatic rings. The Morgan fingerprint density at radius 2 is 0.873 bits per heavy atom. The molecule has 0 radical (unpaired) electrons. The summed E-state index contributed by atoms with van der Waals surface area (Å²) in [6.45, 7) is 2.69. The molecular weight excluding hydrogens is 1000 g/mol. The minimum atomic E-state index is -1.79. The Kier molecular flexibility index (Phi) is 44.8. The van der Waals surface area contributed by atoms with Gasteiger partial charge in [0, 0.05) is 6.42 Å². The highest BCUT2D eigenvalue weighted by Gasteiger charge is 2.51. The quantitative estimate of drug-likeness (QED) is 0.0204. The van der Waals surface area contributed by atoms with Gasteiger partial charge >= 0.3 is 0 Å². The normalized spacial score (nSPS) is 25.2. The fraction of sp³-hybridized carbons (Fsp3) is 0.708. The van der Waals surface area contributed by atoms with Gasteiger partial charge in [-0.3, -0.25) is 4.79 Å². The second kappa shape index (κ2) is 49.3. The molecule has 9 N–H and O–H groups in total. The Labute approximate surface area is 476 Å². The zero-order valence-electron chi connectivity index (χ0n) is 48.6. The van der Waals surface area contributed by atoms with E-state index in [-0.39, 0.29) is 18.9 Å². The predicted octanol–water partition coefficient (Wildman–Crippen LogP) is 10.8. The zero-order chi connectivity index (χ0) is 57.4. The Hall–Kier alpha value is -3.35. The highest BCUT2D eigenvalue weighted by atomic mass is 16.7. The summed E-state index contributed by atoms with van der Waals surface area (Å²) in [5.74, 6) is -0.225. The Morgan fingerprint density at radius 3 is 1.34 bits per heavy atom. The number of rotatable bonds is 47. The largest absolute Gasteiger partial charge is 0.394 e. The van der Waals surface area contributed by atoms with Crippen LogP contribution in [0.15, 0.2) is 109 Å². The molecule has 0 bridgehead atoms. The molecule has 14 nitrogen and oxygen atoms in total. The Morgan fingerprint density at radius 1 is 0.468 bits per heavy atom. The van der Waals surface area contributed by atoms with Crippen LogP contribution in [0, 0.1) is 0 Å². The van der Waals surface area contributed by atoms with Gasteiger partial charge in [0.05, 0.1) is 32.0 Å². The van der Waals surface area contributed by atoms with E-state index in [0.717, 1.165) is 122 Å². The molecule has 12 atom stereocenters. The van der Waals surface area contributed by atoms with Crippen molar-refractivity contribution < 1.29 is 64.6 Å². The molecule has 0 spiro atoms. The van der Waals surface area contributed by atoms with E-state index in [0.29, 0.717) is 12.8 Å². The van der Waals surface area contributed by atoms with E-state index in [1.165, 1.54) is 44.9 Å². The second-order valence-corrected chi connectivity index (χ2v) is 21.1. The lowest BCUT2D eigenvalue weighted by atomic mass is 9.97. The first kappa shape index (κ1) is 71.8. The highest BCUT2D eigenvalue weighted by Crippen LogP contribution is 2.30. The number of ether oxygens (including phenoxy) is 4. The third kappa shape index (κ3) is 34.6. The van der Waals surface area contributed by atoms with Crippen molar-refractivity contribution in [3.63, 3.8) is 0 Å². The monoisotopic (exact) mass is 1110 g/mol. The van der Waals surface area contributed by atoms with Crippen LogP contribution >= 0.6 is 0 Å². The molecule has 12 unspecified atom stereocenters. The SMILES string of the molecule is CC/C=C\C/C=C\C/C=C\C/C=C\C/C=C\C/C=C\C/C=C\C/C=C\C/C=C\CCCCCCCCCC(=O)NC(COC1OC(CO)C(OC2OC(CO)C(O)C(O)C2O)C(O)C1O)C(O)CCCCCCCCCCCC. The molecule has 2 rings (SSSR count). The van der Waals surface area contributed by atoms with E-state index in [9.17, 15) is 45.6 Å². The van der Waals surface area contributed by atoms with Crippen LogP contribution < -0.4 is 5.32 Å². The molecular formula is C65H109NO13.